The summed E-state index contributed by atoms with van der Waals surface area (Å²) >= 11 is 0. The molecule has 2 aromatic heterocycles. The van der Waals surface area contributed by atoms with Crippen LogP contribution < -0.4 is 10.1 Å². The monoisotopic (exact) mass is 469 g/mol. The number of fused-ring (bicyclic) bond motifs is 1. The van der Waals surface area contributed by atoms with Crippen LogP contribution in [0, 0.1) is 6.92 Å². The van der Waals surface area contributed by atoms with Crippen molar-refractivity contribution in [3.05, 3.63) is 95.6 Å². The number of urea groups is 1. The van der Waals surface area contributed by atoms with E-state index in [0.717, 1.165) is 27.1 Å². The van der Waals surface area contributed by atoms with Crippen molar-refractivity contribution in [2.45, 2.75) is 20.0 Å². The fourth-order valence-corrected chi connectivity index (χ4v) is 4.02. The Morgan fingerprint density at radius 1 is 1.00 bits per heavy atom. The van der Waals surface area contributed by atoms with E-state index in [1.54, 1.807) is 12.1 Å². The van der Waals surface area contributed by atoms with Gasteiger partial charge in [0, 0.05) is 22.7 Å². The molecule has 2 aromatic carbocycles. The topological polar surface area (TPSA) is 93.8 Å². The fraction of sp³-hybridized carbons (Fsp3) is 0.148. The number of rotatable bonds is 7. The van der Waals surface area contributed by atoms with Crippen LogP contribution in [0.3, 0.4) is 0 Å². The van der Waals surface area contributed by atoms with Crippen molar-refractivity contribution in [1.29, 1.82) is 0 Å². The van der Waals surface area contributed by atoms with E-state index in [9.17, 15) is 14.4 Å². The lowest BCUT2D eigenvalue weighted by atomic mass is 10.1. The van der Waals surface area contributed by atoms with E-state index in [2.05, 4.69) is 5.32 Å². The Kier molecular flexibility index (Phi) is 5.93. The average molecular weight is 469 g/mol. The number of aryl methyl sites for hydroxylation is 1. The lowest BCUT2D eigenvalue weighted by Crippen LogP contribution is -2.53. The van der Waals surface area contributed by atoms with Gasteiger partial charge >= 0.3 is 6.03 Å². The van der Waals surface area contributed by atoms with Crippen LogP contribution in [0.2, 0.25) is 0 Å². The molecule has 0 aliphatic carbocycles. The Balaban J connectivity index is 1.41. The third kappa shape index (κ3) is 4.59. The molecule has 0 saturated carbocycles. The molecule has 3 heterocycles. The molecule has 0 spiro atoms. The summed E-state index contributed by atoms with van der Waals surface area (Å²) in [6.45, 7) is 2.97. The van der Waals surface area contributed by atoms with Crippen molar-refractivity contribution >= 4 is 34.8 Å². The van der Waals surface area contributed by atoms with Gasteiger partial charge < -0.3 is 13.7 Å². The number of ether oxygens (including phenoxy) is 1. The number of furan rings is 1. The number of imide groups is 2. The molecule has 5 rings (SSSR count). The Labute approximate surface area is 201 Å². The highest BCUT2D eigenvalue weighted by Gasteiger charge is 2.36. The predicted octanol–water partition coefficient (Wildman–Crippen LogP) is 4.28. The second-order valence-electron chi connectivity index (χ2n) is 8.24. The summed E-state index contributed by atoms with van der Waals surface area (Å²) in [5.41, 5.74) is 2.69. The van der Waals surface area contributed by atoms with Gasteiger partial charge in [0.15, 0.2) is 0 Å². The zero-order valence-corrected chi connectivity index (χ0v) is 19.1. The maximum Gasteiger partial charge on any atom is 0.331 e. The molecule has 1 saturated heterocycles. The van der Waals surface area contributed by atoms with Gasteiger partial charge in [0.2, 0.25) is 0 Å². The molecule has 176 valence electrons. The number of amides is 4. The van der Waals surface area contributed by atoms with E-state index >= 15 is 0 Å². The first-order valence-electron chi connectivity index (χ1n) is 11.2. The normalized spacial score (nSPS) is 15.2. The highest BCUT2D eigenvalue weighted by atomic mass is 16.5. The van der Waals surface area contributed by atoms with Crippen LogP contribution in [0.4, 0.5) is 4.79 Å². The van der Waals surface area contributed by atoms with Gasteiger partial charge in [-0.05, 0) is 43.3 Å². The van der Waals surface area contributed by atoms with E-state index in [4.69, 9.17) is 9.15 Å². The largest absolute Gasteiger partial charge is 0.492 e. The van der Waals surface area contributed by atoms with Crippen LogP contribution in [-0.2, 0) is 22.7 Å². The molecule has 1 N–H and O–H groups in total. The van der Waals surface area contributed by atoms with Gasteiger partial charge in [0.1, 0.15) is 23.7 Å². The molecule has 35 heavy (non-hydrogen) atoms. The Bertz CT molecular complexity index is 1430. The molecule has 0 unspecified atom stereocenters. The number of hydrogen-bond acceptors (Lipinski definition) is 5. The number of barbiturate groups is 1. The Morgan fingerprint density at radius 2 is 1.80 bits per heavy atom. The molecule has 1 aliphatic heterocycles. The summed E-state index contributed by atoms with van der Waals surface area (Å²) in [5.74, 6) is -0.169. The molecule has 4 amide bonds. The number of hydrogen-bond donors (Lipinski definition) is 1. The second-order valence-corrected chi connectivity index (χ2v) is 8.24. The minimum atomic E-state index is -0.774. The first-order valence-corrected chi connectivity index (χ1v) is 11.2. The third-order valence-corrected chi connectivity index (χ3v) is 5.82. The average Bonchev–Trinajstić information content (AvgIpc) is 3.49. The van der Waals surface area contributed by atoms with Crippen LogP contribution in [0.5, 0.6) is 5.75 Å². The maximum atomic E-state index is 13.1. The molecule has 0 atom stereocenters. The van der Waals surface area contributed by atoms with Gasteiger partial charge in [-0.25, -0.2) is 4.79 Å². The fourth-order valence-electron chi connectivity index (χ4n) is 4.02. The van der Waals surface area contributed by atoms with E-state index in [-0.39, 0.29) is 12.1 Å². The van der Waals surface area contributed by atoms with Gasteiger partial charge in [-0.15, -0.1) is 0 Å². The van der Waals surface area contributed by atoms with Crippen LogP contribution in [0.25, 0.3) is 17.0 Å². The van der Waals surface area contributed by atoms with Gasteiger partial charge in [-0.2, -0.15) is 0 Å². The van der Waals surface area contributed by atoms with Crippen LogP contribution in [0.15, 0.2) is 83.1 Å². The van der Waals surface area contributed by atoms with Crippen molar-refractivity contribution in [2.75, 3.05) is 6.61 Å². The molecule has 0 radical (unpaired) electrons. The Morgan fingerprint density at radius 3 is 2.57 bits per heavy atom. The zero-order valence-electron chi connectivity index (χ0n) is 19.1. The number of nitrogens with zero attached hydrogens (tertiary/aromatic N) is 2. The summed E-state index contributed by atoms with van der Waals surface area (Å²) < 4.78 is 13.2. The summed E-state index contributed by atoms with van der Waals surface area (Å²) in [6.07, 6.45) is 4.86. The number of carbonyl (C=O) groups excluding carboxylic acids is 3. The number of aromatic nitrogens is 1. The lowest BCUT2D eigenvalue weighted by molar-refractivity contribution is -0.130. The quantitative estimate of drug-likeness (QED) is 0.322. The second kappa shape index (κ2) is 9.34. The van der Waals surface area contributed by atoms with Gasteiger partial charge in [0.25, 0.3) is 11.8 Å². The minimum Gasteiger partial charge on any atom is -0.492 e. The first-order chi connectivity index (χ1) is 17.0. The number of para-hydroxylation sites is 1. The van der Waals surface area contributed by atoms with Crippen molar-refractivity contribution in [3.63, 3.8) is 0 Å². The lowest BCUT2D eigenvalue weighted by Gasteiger charge is -2.25. The van der Waals surface area contributed by atoms with E-state index in [0.29, 0.717) is 24.5 Å². The van der Waals surface area contributed by atoms with Crippen molar-refractivity contribution in [2.24, 2.45) is 0 Å². The number of nitrogens with one attached hydrogen (secondary N) is 1. The number of benzene rings is 2. The summed E-state index contributed by atoms with van der Waals surface area (Å²) in [5, 5.41) is 3.12. The van der Waals surface area contributed by atoms with Gasteiger partial charge in [-0.1, -0.05) is 35.9 Å². The first kappa shape index (κ1) is 22.2. The molecule has 4 aromatic rings. The number of carbonyl (C=O) groups is 3. The van der Waals surface area contributed by atoms with E-state index in [1.807, 2.05) is 66.2 Å². The SMILES string of the molecule is Cc1ccc(OCCn2cc(/C=C3\C(=O)NC(=O)N(Cc4ccco4)C3=O)c3ccccc32)cc1. The standard InChI is InChI=1S/C27H23N3O5/c1-18-8-10-20(11-9-18)35-14-12-29-16-19(22-6-2-3-7-24(22)29)15-23-25(31)28-27(33)30(26(23)32)17-21-5-4-13-34-21/h2-11,13,15-16H,12,14,17H2,1H3,(H,28,31,33)/b23-15+. The summed E-state index contributed by atoms with van der Waals surface area (Å²) in [7, 11) is 0. The van der Waals surface area contributed by atoms with Crippen LogP contribution >= 0.6 is 0 Å². The molecule has 8 nitrogen and oxygen atoms in total. The molecule has 0 bridgehead atoms. The Hall–Kier alpha value is -4.59. The molecule has 1 fully saturated rings. The highest BCUT2D eigenvalue weighted by Crippen LogP contribution is 2.25. The summed E-state index contributed by atoms with van der Waals surface area (Å²) in [4.78, 5) is 38.9. The van der Waals surface area contributed by atoms with E-state index < -0.39 is 17.8 Å². The molecule has 8 heteroatoms. The van der Waals surface area contributed by atoms with E-state index in [1.165, 1.54) is 12.3 Å². The molecule has 1 aliphatic rings. The zero-order chi connectivity index (χ0) is 24.4. The predicted molar refractivity (Wildman–Crippen MR) is 129 cm³/mol. The van der Waals surface area contributed by atoms with Gasteiger partial charge in [-0.3, -0.25) is 19.8 Å². The van der Waals surface area contributed by atoms with Crippen molar-refractivity contribution in [1.82, 2.24) is 14.8 Å². The summed E-state index contributed by atoms with van der Waals surface area (Å²) in [6, 6.07) is 18.1. The van der Waals surface area contributed by atoms with Gasteiger partial charge in [0.05, 0.1) is 19.4 Å². The minimum absolute atomic E-state index is 0.0691. The highest BCUT2D eigenvalue weighted by molar-refractivity contribution is 6.31. The smallest absolute Gasteiger partial charge is 0.331 e. The van der Waals surface area contributed by atoms with Crippen molar-refractivity contribution < 1.29 is 23.5 Å². The third-order valence-electron chi connectivity index (χ3n) is 5.82. The maximum absolute atomic E-state index is 13.1. The van der Waals surface area contributed by atoms with Crippen LogP contribution in [-0.4, -0.2) is 33.9 Å². The van der Waals surface area contributed by atoms with Crippen molar-refractivity contribution in [3.8, 4) is 5.75 Å². The molecular formula is C27H23N3O5. The van der Waals surface area contributed by atoms with Crippen LogP contribution in [0.1, 0.15) is 16.9 Å². The molecular weight excluding hydrogens is 446 g/mol.